The summed E-state index contributed by atoms with van der Waals surface area (Å²) in [5.74, 6) is -0.106. The summed E-state index contributed by atoms with van der Waals surface area (Å²) in [5.41, 5.74) is -0.765. The van der Waals surface area contributed by atoms with Crippen LogP contribution in [0.3, 0.4) is 0 Å². The van der Waals surface area contributed by atoms with Crippen molar-refractivity contribution >= 4 is 12.0 Å². The SMILES string of the molecule is CC=Cc1ccccc1OCC(C)(O)C(=O)OC. The molecule has 0 saturated carbocycles. The first kappa shape index (κ1) is 14.3. The molecule has 0 aliphatic carbocycles. The summed E-state index contributed by atoms with van der Waals surface area (Å²) in [7, 11) is 1.23. The molecule has 1 atom stereocenters. The normalized spacial score (nSPS) is 14.2. The maximum absolute atomic E-state index is 11.3. The van der Waals surface area contributed by atoms with Gasteiger partial charge in [0.2, 0.25) is 0 Å². The number of hydrogen-bond acceptors (Lipinski definition) is 4. The third-order valence-electron chi connectivity index (χ3n) is 2.40. The van der Waals surface area contributed by atoms with Gasteiger partial charge in [-0.3, -0.25) is 0 Å². The molecule has 1 unspecified atom stereocenters. The van der Waals surface area contributed by atoms with E-state index in [4.69, 9.17) is 4.74 Å². The first-order valence-corrected chi connectivity index (χ1v) is 5.66. The molecule has 0 saturated heterocycles. The lowest BCUT2D eigenvalue weighted by atomic mass is 10.1. The number of esters is 1. The molecule has 1 aromatic rings. The monoisotopic (exact) mass is 250 g/mol. The highest BCUT2D eigenvalue weighted by molar-refractivity contribution is 5.78. The minimum atomic E-state index is -1.65. The molecule has 18 heavy (non-hydrogen) atoms. The van der Waals surface area contributed by atoms with Crippen LogP contribution in [0.15, 0.2) is 30.3 Å². The fourth-order valence-corrected chi connectivity index (χ4v) is 1.43. The summed E-state index contributed by atoms with van der Waals surface area (Å²) in [5, 5.41) is 9.85. The third kappa shape index (κ3) is 3.60. The molecule has 0 spiro atoms. The number of hydrogen-bond donors (Lipinski definition) is 1. The average molecular weight is 250 g/mol. The highest BCUT2D eigenvalue weighted by Crippen LogP contribution is 2.21. The van der Waals surface area contributed by atoms with Gasteiger partial charge in [0, 0.05) is 5.56 Å². The number of carbonyl (C=O) groups excluding carboxylic acids is 1. The van der Waals surface area contributed by atoms with E-state index in [1.54, 1.807) is 6.07 Å². The smallest absolute Gasteiger partial charge is 0.341 e. The zero-order valence-corrected chi connectivity index (χ0v) is 10.8. The molecule has 0 aliphatic rings. The fourth-order valence-electron chi connectivity index (χ4n) is 1.43. The van der Waals surface area contributed by atoms with Gasteiger partial charge < -0.3 is 14.6 Å². The molecule has 0 radical (unpaired) electrons. The van der Waals surface area contributed by atoms with E-state index in [2.05, 4.69) is 4.74 Å². The molecule has 0 amide bonds. The van der Waals surface area contributed by atoms with Crippen molar-refractivity contribution in [3.05, 3.63) is 35.9 Å². The number of benzene rings is 1. The second-order valence-corrected chi connectivity index (χ2v) is 4.09. The molecule has 4 heteroatoms. The zero-order valence-electron chi connectivity index (χ0n) is 10.8. The number of aliphatic hydroxyl groups is 1. The van der Waals surface area contributed by atoms with Crippen LogP contribution in [0.2, 0.25) is 0 Å². The second kappa shape index (κ2) is 6.21. The van der Waals surface area contributed by atoms with Crippen LogP contribution in [0.5, 0.6) is 5.75 Å². The predicted octanol–water partition coefficient (Wildman–Crippen LogP) is 2.02. The van der Waals surface area contributed by atoms with Gasteiger partial charge in [-0.2, -0.15) is 0 Å². The molecule has 0 aromatic heterocycles. The lowest BCUT2D eigenvalue weighted by Crippen LogP contribution is -2.42. The van der Waals surface area contributed by atoms with Crippen molar-refractivity contribution in [1.82, 2.24) is 0 Å². The minimum Gasteiger partial charge on any atom is -0.489 e. The molecule has 4 nitrogen and oxygen atoms in total. The van der Waals surface area contributed by atoms with Crippen molar-refractivity contribution in [3.63, 3.8) is 0 Å². The van der Waals surface area contributed by atoms with Crippen LogP contribution in [-0.4, -0.2) is 30.4 Å². The van der Waals surface area contributed by atoms with Gasteiger partial charge in [0.1, 0.15) is 12.4 Å². The Balaban J connectivity index is 2.77. The van der Waals surface area contributed by atoms with Gasteiger partial charge in [-0.25, -0.2) is 4.79 Å². The van der Waals surface area contributed by atoms with Crippen molar-refractivity contribution < 1.29 is 19.4 Å². The maximum atomic E-state index is 11.3. The van der Waals surface area contributed by atoms with Gasteiger partial charge in [-0.15, -0.1) is 0 Å². The summed E-state index contributed by atoms with van der Waals surface area (Å²) < 4.78 is 9.97. The van der Waals surface area contributed by atoms with Gasteiger partial charge in [-0.1, -0.05) is 30.4 Å². The van der Waals surface area contributed by atoms with Crippen molar-refractivity contribution in [3.8, 4) is 5.75 Å². The van der Waals surface area contributed by atoms with Gasteiger partial charge in [0.25, 0.3) is 0 Å². The summed E-state index contributed by atoms with van der Waals surface area (Å²) in [6.45, 7) is 3.10. The zero-order chi connectivity index (χ0) is 13.6. The lowest BCUT2D eigenvalue weighted by molar-refractivity contribution is -0.163. The van der Waals surface area contributed by atoms with Crippen LogP contribution >= 0.6 is 0 Å². The topological polar surface area (TPSA) is 55.8 Å². The van der Waals surface area contributed by atoms with Crippen LogP contribution < -0.4 is 4.74 Å². The Kier molecular flexibility index (Phi) is 4.92. The Morgan fingerprint density at radius 1 is 1.44 bits per heavy atom. The van der Waals surface area contributed by atoms with E-state index in [0.29, 0.717) is 5.75 Å². The highest BCUT2D eigenvalue weighted by Gasteiger charge is 2.32. The summed E-state index contributed by atoms with van der Waals surface area (Å²) in [6, 6.07) is 7.39. The second-order valence-electron chi connectivity index (χ2n) is 4.09. The Labute approximate surface area is 107 Å². The number of carbonyl (C=O) groups is 1. The minimum absolute atomic E-state index is 0.158. The van der Waals surface area contributed by atoms with E-state index in [-0.39, 0.29) is 6.61 Å². The Morgan fingerprint density at radius 3 is 2.72 bits per heavy atom. The lowest BCUT2D eigenvalue weighted by Gasteiger charge is -2.21. The Morgan fingerprint density at radius 2 is 2.11 bits per heavy atom. The van der Waals surface area contributed by atoms with Crippen molar-refractivity contribution in [2.45, 2.75) is 19.4 Å². The maximum Gasteiger partial charge on any atom is 0.341 e. The van der Waals surface area contributed by atoms with Crippen LogP contribution in [0.1, 0.15) is 19.4 Å². The number of para-hydroxylation sites is 1. The van der Waals surface area contributed by atoms with E-state index >= 15 is 0 Å². The van der Waals surface area contributed by atoms with E-state index in [1.165, 1.54) is 14.0 Å². The quantitative estimate of drug-likeness (QED) is 0.812. The molecule has 0 fully saturated rings. The predicted molar refractivity (Wildman–Crippen MR) is 69.3 cm³/mol. The summed E-state index contributed by atoms with van der Waals surface area (Å²) >= 11 is 0. The van der Waals surface area contributed by atoms with E-state index in [0.717, 1.165) is 5.56 Å². The molecular weight excluding hydrogens is 232 g/mol. The van der Waals surface area contributed by atoms with Crippen molar-refractivity contribution in [2.75, 3.05) is 13.7 Å². The van der Waals surface area contributed by atoms with E-state index in [1.807, 2.05) is 37.3 Å². The van der Waals surface area contributed by atoms with Crippen LogP contribution in [0, 0.1) is 0 Å². The Bertz CT molecular complexity index is 435. The highest BCUT2D eigenvalue weighted by atomic mass is 16.6. The average Bonchev–Trinajstić information content (AvgIpc) is 2.37. The van der Waals surface area contributed by atoms with Gasteiger partial charge in [0.15, 0.2) is 5.60 Å². The molecule has 0 aliphatic heterocycles. The van der Waals surface area contributed by atoms with Crippen molar-refractivity contribution in [1.29, 1.82) is 0 Å². The van der Waals surface area contributed by atoms with E-state index in [9.17, 15) is 9.90 Å². The standard InChI is InChI=1S/C14H18O4/c1-4-7-11-8-5-6-9-12(11)18-10-14(2,16)13(15)17-3/h4-9,16H,10H2,1-3H3. The molecule has 98 valence electrons. The first-order valence-electron chi connectivity index (χ1n) is 5.66. The molecular formula is C14H18O4. The van der Waals surface area contributed by atoms with Crippen molar-refractivity contribution in [2.24, 2.45) is 0 Å². The third-order valence-corrected chi connectivity index (χ3v) is 2.40. The first-order chi connectivity index (χ1) is 8.51. The Hall–Kier alpha value is -1.81. The summed E-state index contributed by atoms with van der Waals surface area (Å²) in [4.78, 5) is 11.3. The van der Waals surface area contributed by atoms with Gasteiger partial charge >= 0.3 is 5.97 Å². The van der Waals surface area contributed by atoms with Crippen LogP contribution in [0.4, 0.5) is 0 Å². The van der Waals surface area contributed by atoms with E-state index < -0.39 is 11.6 Å². The number of ether oxygens (including phenoxy) is 2. The molecule has 0 bridgehead atoms. The van der Waals surface area contributed by atoms with Gasteiger partial charge in [0.05, 0.1) is 7.11 Å². The fraction of sp³-hybridized carbons (Fsp3) is 0.357. The van der Waals surface area contributed by atoms with Crippen LogP contribution in [-0.2, 0) is 9.53 Å². The van der Waals surface area contributed by atoms with Gasteiger partial charge in [-0.05, 0) is 19.9 Å². The molecule has 0 heterocycles. The van der Waals surface area contributed by atoms with Crippen LogP contribution in [0.25, 0.3) is 6.08 Å². The summed E-state index contributed by atoms with van der Waals surface area (Å²) in [6.07, 6.45) is 3.78. The molecule has 1 N–H and O–H groups in total. The largest absolute Gasteiger partial charge is 0.489 e. The molecule has 1 aromatic carbocycles. The molecule has 1 rings (SSSR count). The number of rotatable bonds is 5. The number of allylic oxidation sites excluding steroid dienone is 1. The number of methoxy groups -OCH3 is 1.